The Bertz CT molecular complexity index is 143. The molecule has 0 bridgehead atoms. The van der Waals surface area contributed by atoms with E-state index in [1.807, 2.05) is 7.85 Å². The Labute approximate surface area is 63.5 Å². The van der Waals surface area contributed by atoms with Crippen LogP contribution in [-0.2, 0) is 0 Å². The summed E-state index contributed by atoms with van der Waals surface area (Å²) in [6, 6.07) is 0. The van der Waals surface area contributed by atoms with Crippen molar-refractivity contribution in [1.29, 1.82) is 0 Å². The van der Waals surface area contributed by atoms with E-state index < -0.39 is 0 Å². The molecule has 0 rings (SSSR count). The molecule has 54 valence electrons. The van der Waals surface area contributed by atoms with Gasteiger partial charge in [0.2, 0.25) is 0 Å². The molecule has 1 unspecified atom stereocenters. The Hall–Kier alpha value is -0.675. The van der Waals surface area contributed by atoms with Crippen LogP contribution in [0.25, 0.3) is 0 Å². The fourth-order valence-electron chi connectivity index (χ4n) is 0.591. The van der Waals surface area contributed by atoms with Gasteiger partial charge in [-0.15, -0.1) is 18.4 Å². The molecule has 0 aromatic heterocycles. The molecule has 10 heavy (non-hydrogen) atoms. The maximum Gasteiger partial charge on any atom is 0.116 e. The van der Waals surface area contributed by atoms with E-state index in [4.69, 9.17) is 5.11 Å². The molecule has 0 aromatic carbocycles. The summed E-state index contributed by atoms with van der Waals surface area (Å²) in [5.74, 6) is 5.77. The molecule has 2 heteroatoms. The highest BCUT2D eigenvalue weighted by Gasteiger charge is 1.95. The molecule has 0 aliphatic rings. The first-order chi connectivity index (χ1) is 4.81. The lowest BCUT2D eigenvalue weighted by atomic mass is 10.1. The summed E-state index contributed by atoms with van der Waals surface area (Å²) in [6.45, 7) is 3.52. The van der Waals surface area contributed by atoms with Crippen LogP contribution in [0.5, 0.6) is 0 Å². The van der Waals surface area contributed by atoms with Gasteiger partial charge < -0.3 is 5.11 Å². The van der Waals surface area contributed by atoms with Crippen LogP contribution in [-0.4, -0.2) is 19.1 Å². The van der Waals surface area contributed by atoms with E-state index in [1.54, 1.807) is 6.08 Å². The van der Waals surface area contributed by atoms with E-state index in [0.29, 0.717) is 12.8 Å². The van der Waals surface area contributed by atoms with E-state index in [1.165, 1.54) is 0 Å². The minimum atomic E-state index is -0.323. The Morgan fingerprint density at radius 1 is 1.60 bits per heavy atom. The fraction of sp³-hybridized carbons (Fsp3) is 0.500. The van der Waals surface area contributed by atoms with Crippen LogP contribution in [0.1, 0.15) is 12.8 Å². The summed E-state index contributed by atoms with van der Waals surface area (Å²) in [4.78, 5) is 0. The van der Waals surface area contributed by atoms with Crippen molar-refractivity contribution < 1.29 is 5.11 Å². The van der Waals surface area contributed by atoms with Crippen molar-refractivity contribution in [2.75, 3.05) is 0 Å². The summed E-state index contributed by atoms with van der Waals surface area (Å²) < 4.78 is 0. The second-order valence-electron chi connectivity index (χ2n) is 2.09. The summed E-state index contributed by atoms with van der Waals surface area (Å²) in [5, 5.41) is 9.10. The molecule has 0 saturated carbocycles. The first-order valence-corrected chi connectivity index (χ1v) is 3.56. The first kappa shape index (κ1) is 9.32. The van der Waals surface area contributed by atoms with Crippen LogP contribution in [0.15, 0.2) is 12.7 Å². The van der Waals surface area contributed by atoms with Crippen LogP contribution >= 0.6 is 0 Å². The van der Waals surface area contributed by atoms with Gasteiger partial charge in [-0.25, -0.2) is 0 Å². The molecule has 1 nitrogen and oxygen atoms in total. The molecule has 0 aliphatic carbocycles. The average Bonchev–Trinajstić information content (AvgIpc) is 1.89. The summed E-state index contributed by atoms with van der Waals surface area (Å²) in [5.41, 5.74) is 0. The zero-order chi connectivity index (χ0) is 7.82. The van der Waals surface area contributed by atoms with Gasteiger partial charge >= 0.3 is 0 Å². The summed E-state index contributed by atoms with van der Waals surface area (Å²) in [7, 11) is 1.99. The third-order valence-electron chi connectivity index (χ3n) is 1.08. The Kier molecular flexibility index (Phi) is 6.01. The van der Waals surface area contributed by atoms with Crippen molar-refractivity contribution in [3.63, 3.8) is 0 Å². The number of rotatable bonds is 3. The molecular formula is C8H13BO. The van der Waals surface area contributed by atoms with Crippen molar-refractivity contribution in [3.05, 3.63) is 12.7 Å². The van der Waals surface area contributed by atoms with Gasteiger partial charge in [0, 0.05) is 6.42 Å². The highest BCUT2D eigenvalue weighted by atomic mass is 16.3. The molecule has 0 aromatic rings. The molecule has 0 aliphatic heterocycles. The second-order valence-corrected chi connectivity index (χ2v) is 2.09. The molecule has 0 fully saturated rings. The van der Waals surface area contributed by atoms with Crippen molar-refractivity contribution in [2.45, 2.75) is 25.3 Å². The number of aliphatic hydroxyl groups is 1. The normalized spacial score (nSPS) is 11.3. The van der Waals surface area contributed by atoms with Crippen LogP contribution in [0.3, 0.4) is 0 Å². The first-order valence-electron chi connectivity index (χ1n) is 3.56. The molecule has 1 atom stereocenters. The Balaban J connectivity index is 3.37. The van der Waals surface area contributed by atoms with E-state index >= 15 is 0 Å². The maximum absolute atomic E-state index is 9.10. The summed E-state index contributed by atoms with van der Waals surface area (Å²) >= 11 is 0. The largest absolute Gasteiger partial charge is 0.392 e. The standard InChI is InChI=1S/C8H13BO/c1-2-5-8(10)6-3-4-7-9/h2,8,10H,1,5-7,9H2. The van der Waals surface area contributed by atoms with Crippen molar-refractivity contribution in [1.82, 2.24) is 0 Å². The molecule has 0 heterocycles. The molecule has 0 amide bonds. The molecule has 1 N–H and O–H groups in total. The van der Waals surface area contributed by atoms with Gasteiger partial charge in [-0.3, -0.25) is 0 Å². The van der Waals surface area contributed by atoms with Crippen LogP contribution < -0.4 is 0 Å². The smallest absolute Gasteiger partial charge is 0.116 e. The Morgan fingerprint density at radius 2 is 2.30 bits per heavy atom. The second kappa shape index (κ2) is 6.45. The SMILES string of the molecule is BCC#CCC(O)CC=C. The zero-order valence-electron chi connectivity index (χ0n) is 6.43. The van der Waals surface area contributed by atoms with Crippen molar-refractivity contribution in [3.8, 4) is 11.8 Å². The lowest BCUT2D eigenvalue weighted by molar-refractivity contribution is 0.184. The lowest BCUT2D eigenvalue weighted by Crippen LogP contribution is -2.02. The van der Waals surface area contributed by atoms with Crippen molar-refractivity contribution >= 4 is 7.85 Å². The van der Waals surface area contributed by atoms with Gasteiger partial charge in [0.1, 0.15) is 7.85 Å². The van der Waals surface area contributed by atoms with Gasteiger partial charge in [0.25, 0.3) is 0 Å². The van der Waals surface area contributed by atoms with Gasteiger partial charge in [-0.1, -0.05) is 6.08 Å². The number of hydrogen-bond acceptors (Lipinski definition) is 1. The van der Waals surface area contributed by atoms with Gasteiger partial charge in [0.15, 0.2) is 0 Å². The minimum Gasteiger partial charge on any atom is -0.392 e. The predicted molar refractivity (Wildman–Crippen MR) is 46.6 cm³/mol. The topological polar surface area (TPSA) is 20.2 Å². The van der Waals surface area contributed by atoms with Crippen LogP contribution in [0, 0.1) is 11.8 Å². The highest BCUT2D eigenvalue weighted by Crippen LogP contribution is 1.95. The maximum atomic E-state index is 9.10. The van der Waals surface area contributed by atoms with E-state index in [-0.39, 0.29) is 6.10 Å². The van der Waals surface area contributed by atoms with Crippen molar-refractivity contribution in [2.24, 2.45) is 0 Å². The van der Waals surface area contributed by atoms with Gasteiger partial charge in [-0.2, -0.15) is 0 Å². The zero-order valence-corrected chi connectivity index (χ0v) is 6.43. The van der Waals surface area contributed by atoms with E-state index in [2.05, 4.69) is 18.4 Å². The van der Waals surface area contributed by atoms with Gasteiger partial charge in [0.05, 0.1) is 6.10 Å². The van der Waals surface area contributed by atoms with Gasteiger partial charge in [-0.05, 0) is 12.7 Å². The quantitative estimate of drug-likeness (QED) is 0.337. The fourth-order valence-corrected chi connectivity index (χ4v) is 0.591. The number of hydrogen-bond donors (Lipinski definition) is 1. The predicted octanol–water partition coefficient (Wildman–Crippen LogP) is 0.368. The van der Waals surface area contributed by atoms with Crippen LogP contribution in [0.4, 0.5) is 0 Å². The average molecular weight is 136 g/mol. The molecule has 0 spiro atoms. The molecular weight excluding hydrogens is 123 g/mol. The monoisotopic (exact) mass is 136 g/mol. The van der Waals surface area contributed by atoms with Crippen LogP contribution in [0.2, 0.25) is 6.32 Å². The molecule has 0 radical (unpaired) electrons. The minimum absolute atomic E-state index is 0.323. The third kappa shape index (κ3) is 5.46. The lowest BCUT2D eigenvalue weighted by Gasteiger charge is -1.99. The highest BCUT2D eigenvalue weighted by molar-refractivity contribution is 6.10. The molecule has 0 saturated heterocycles. The van der Waals surface area contributed by atoms with E-state index in [9.17, 15) is 0 Å². The van der Waals surface area contributed by atoms with E-state index in [0.717, 1.165) is 6.32 Å². The Morgan fingerprint density at radius 3 is 2.80 bits per heavy atom. The number of aliphatic hydroxyl groups excluding tert-OH is 1. The summed E-state index contributed by atoms with van der Waals surface area (Å²) in [6.07, 6.45) is 3.45. The third-order valence-corrected chi connectivity index (χ3v) is 1.08.